The Labute approximate surface area is 109 Å². The van der Waals surface area contributed by atoms with Crippen LogP contribution in [0.5, 0.6) is 0 Å². The Bertz CT molecular complexity index is 531. The van der Waals surface area contributed by atoms with E-state index < -0.39 is 12.1 Å². The number of aromatic nitrogens is 1. The molecule has 6 heteroatoms. The summed E-state index contributed by atoms with van der Waals surface area (Å²) < 4.78 is 8.99. The van der Waals surface area contributed by atoms with Gasteiger partial charge in [0.1, 0.15) is 5.69 Å². The third-order valence-corrected chi connectivity index (χ3v) is 2.19. The van der Waals surface area contributed by atoms with Gasteiger partial charge in [0.15, 0.2) is 0 Å². The standard InChI is InChI=1S/C12H11NO4.ClH/c1-2-16-12(15)17-11(14)10-7-8-5-3-4-6-9(8)13-10;/h3-7,13H,2H2,1H3;1H. The van der Waals surface area contributed by atoms with Gasteiger partial charge >= 0.3 is 12.1 Å². The van der Waals surface area contributed by atoms with Crippen LogP contribution in [0.3, 0.4) is 0 Å². The highest BCUT2D eigenvalue weighted by Gasteiger charge is 2.15. The zero-order valence-electron chi connectivity index (χ0n) is 9.64. The molecule has 18 heavy (non-hydrogen) atoms. The molecule has 96 valence electrons. The highest BCUT2D eigenvalue weighted by atomic mass is 35.5. The minimum absolute atomic E-state index is 0. The zero-order valence-corrected chi connectivity index (χ0v) is 10.5. The van der Waals surface area contributed by atoms with Gasteiger partial charge in [0.25, 0.3) is 0 Å². The lowest BCUT2D eigenvalue weighted by molar-refractivity contribution is 0.0397. The molecular weight excluding hydrogens is 258 g/mol. The summed E-state index contributed by atoms with van der Waals surface area (Å²) in [6.07, 6.45) is -0.990. The molecule has 1 heterocycles. The topological polar surface area (TPSA) is 68.4 Å². The van der Waals surface area contributed by atoms with Crippen molar-refractivity contribution in [2.24, 2.45) is 0 Å². The Morgan fingerprint density at radius 1 is 1.28 bits per heavy atom. The fraction of sp³-hybridized carbons (Fsp3) is 0.167. The first-order valence-corrected chi connectivity index (χ1v) is 5.17. The summed E-state index contributed by atoms with van der Waals surface area (Å²) in [6, 6.07) is 9.01. The Balaban J connectivity index is 0.00000162. The normalized spacial score (nSPS) is 9.61. The highest BCUT2D eigenvalue weighted by Crippen LogP contribution is 2.15. The quantitative estimate of drug-likeness (QED) is 0.672. The molecule has 0 fully saturated rings. The van der Waals surface area contributed by atoms with E-state index in [-0.39, 0.29) is 24.7 Å². The van der Waals surface area contributed by atoms with E-state index in [2.05, 4.69) is 14.5 Å². The molecule has 2 aromatic rings. The number of hydrogen-bond donors (Lipinski definition) is 1. The second-order valence-corrected chi connectivity index (χ2v) is 3.34. The number of ether oxygens (including phenoxy) is 2. The molecule has 1 N–H and O–H groups in total. The van der Waals surface area contributed by atoms with Crippen LogP contribution in [0.4, 0.5) is 4.79 Å². The third kappa shape index (κ3) is 3.01. The smallest absolute Gasteiger partial charge is 0.434 e. The minimum Gasteiger partial charge on any atom is -0.434 e. The molecule has 0 radical (unpaired) electrons. The molecule has 2 rings (SSSR count). The molecule has 5 nitrogen and oxygen atoms in total. The second kappa shape index (κ2) is 6.07. The van der Waals surface area contributed by atoms with Crippen LogP contribution < -0.4 is 0 Å². The van der Waals surface area contributed by atoms with E-state index in [1.807, 2.05) is 24.3 Å². The monoisotopic (exact) mass is 269 g/mol. The van der Waals surface area contributed by atoms with Gasteiger partial charge in [-0.1, -0.05) is 18.2 Å². The van der Waals surface area contributed by atoms with Gasteiger partial charge in [-0.15, -0.1) is 12.4 Å². The van der Waals surface area contributed by atoms with Crippen LogP contribution >= 0.6 is 12.4 Å². The maximum atomic E-state index is 11.5. The number of H-pyrrole nitrogens is 1. The SMILES string of the molecule is CCOC(=O)OC(=O)c1cc2ccccc2[nH]1.Cl. The summed E-state index contributed by atoms with van der Waals surface area (Å²) in [5, 5.41) is 0.878. The fourth-order valence-electron chi connectivity index (χ4n) is 1.46. The lowest BCUT2D eigenvalue weighted by Crippen LogP contribution is -2.14. The maximum Gasteiger partial charge on any atom is 0.516 e. The molecule has 1 aromatic heterocycles. The predicted octanol–water partition coefficient (Wildman–Crippen LogP) is 2.90. The van der Waals surface area contributed by atoms with Gasteiger partial charge in [-0.3, -0.25) is 0 Å². The van der Waals surface area contributed by atoms with Crippen molar-refractivity contribution in [3.05, 3.63) is 36.0 Å². The number of benzene rings is 1. The van der Waals surface area contributed by atoms with Gasteiger partial charge in [-0.25, -0.2) is 9.59 Å². The summed E-state index contributed by atoms with van der Waals surface area (Å²) in [5.41, 5.74) is 1.03. The van der Waals surface area contributed by atoms with Crippen molar-refractivity contribution in [3.8, 4) is 0 Å². The lowest BCUT2D eigenvalue weighted by Gasteiger charge is -2.00. The molecule has 0 atom stereocenters. The predicted molar refractivity (Wildman–Crippen MR) is 68.0 cm³/mol. The molecule has 0 amide bonds. The minimum atomic E-state index is -0.990. The Kier molecular flexibility index (Phi) is 4.74. The first kappa shape index (κ1) is 14.1. The number of aromatic amines is 1. The van der Waals surface area contributed by atoms with Crippen LogP contribution in [0.15, 0.2) is 30.3 Å². The van der Waals surface area contributed by atoms with Crippen molar-refractivity contribution < 1.29 is 19.1 Å². The molecule has 0 spiro atoms. The Hall–Kier alpha value is -2.01. The van der Waals surface area contributed by atoms with Gasteiger partial charge in [-0.2, -0.15) is 0 Å². The van der Waals surface area contributed by atoms with Gasteiger partial charge in [0, 0.05) is 10.9 Å². The van der Waals surface area contributed by atoms with Crippen molar-refractivity contribution in [2.45, 2.75) is 6.92 Å². The van der Waals surface area contributed by atoms with E-state index in [1.54, 1.807) is 13.0 Å². The van der Waals surface area contributed by atoms with Crippen LogP contribution in [0.1, 0.15) is 17.4 Å². The molecule has 1 aromatic carbocycles. The second-order valence-electron chi connectivity index (χ2n) is 3.34. The molecule has 0 bridgehead atoms. The average molecular weight is 270 g/mol. The molecule has 0 aliphatic heterocycles. The number of esters is 1. The summed E-state index contributed by atoms with van der Waals surface area (Å²) in [5.74, 6) is -0.750. The van der Waals surface area contributed by atoms with Crippen LogP contribution in [0, 0.1) is 0 Å². The molecule has 0 saturated heterocycles. The molecule has 0 saturated carbocycles. The average Bonchev–Trinajstić information content (AvgIpc) is 2.72. The van der Waals surface area contributed by atoms with Crippen molar-refractivity contribution in [2.75, 3.05) is 6.61 Å². The number of carbonyl (C=O) groups is 2. The molecule has 0 aliphatic carbocycles. The van der Waals surface area contributed by atoms with E-state index >= 15 is 0 Å². The Morgan fingerprint density at radius 3 is 2.67 bits per heavy atom. The highest BCUT2D eigenvalue weighted by molar-refractivity contribution is 5.98. The summed E-state index contributed by atoms with van der Waals surface area (Å²) in [7, 11) is 0. The van der Waals surface area contributed by atoms with Gasteiger partial charge in [0.05, 0.1) is 6.61 Å². The zero-order chi connectivity index (χ0) is 12.3. The number of hydrogen-bond acceptors (Lipinski definition) is 4. The number of para-hydroxylation sites is 1. The van der Waals surface area contributed by atoms with E-state index in [4.69, 9.17) is 0 Å². The maximum absolute atomic E-state index is 11.5. The van der Waals surface area contributed by atoms with Gasteiger partial charge in [-0.05, 0) is 19.1 Å². The summed E-state index contributed by atoms with van der Waals surface area (Å²) >= 11 is 0. The van der Waals surface area contributed by atoms with E-state index in [0.29, 0.717) is 0 Å². The van der Waals surface area contributed by atoms with Crippen LogP contribution in [0.2, 0.25) is 0 Å². The largest absolute Gasteiger partial charge is 0.516 e. The van der Waals surface area contributed by atoms with Crippen LogP contribution in [0.25, 0.3) is 10.9 Å². The number of rotatable bonds is 2. The summed E-state index contributed by atoms with van der Waals surface area (Å²) in [6.45, 7) is 1.80. The van der Waals surface area contributed by atoms with Gasteiger partial charge < -0.3 is 14.5 Å². The van der Waals surface area contributed by atoms with Crippen molar-refractivity contribution in [3.63, 3.8) is 0 Å². The third-order valence-electron chi connectivity index (χ3n) is 2.19. The van der Waals surface area contributed by atoms with Crippen LogP contribution in [-0.4, -0.2) is 23.7 Å². The number of carbonyl (C=O) groups excluding carboxylic acids is 2. The van der Waals surface area contributed by atoms with E-state index in [0.717, 1.165) is 10.9 Å². The number of halogens is 1. The summed E-state index contributed by atoms with van der Waals surface area (Å²) in [4.78, 5) is 25.4. The molecular formula is C12H12ClNO4. The van der Waals surface area contributed by atoms with E-state index in [9.17, 15) is 9.59 Å². The van der Waals surface area contributed by atoms with Crippen molar-refractivity contribution in [1.29, 1.82) is 0 Å². The molecule has 0 unspecified atom stereocenters. The lowest BCUT2D eigenvalue weighted by atomic mass is 10.2. The first-order chi connectivity index (χ1) is 8.20. The number of nitrogens with one attached hydrogen (secondary N) is 1. The fourth-order valence-corrected chi connectivity index (χ4v) is 1.46. The Morgan fingerprint density at radius 2 is 2.00 bits per heavy atom. The van der Waals surface area contributed by atoms with Gasteiger partial charge in [0.2, 0.25) is 0 Å². The molecule has 0 aliphatic rings. The van der Waals surface area contributed by atoms with Crippen LogP contribution in [-0.2, 0) is 9.47 Å². The van der Waals surface area contributed by atoms with Crippen molar-refractivity contribution in [1.82, 2.24) is 4.98 Å². The van der Waals surface area contributed by atoms with Crippen molar-refractivity contribution >= 4 is 35.4 Å². The first-order valence-electron chi connectivity index (χ1n) is 5.17. The van der Waals surface area contributed by atoms with E-state index in [1.165, 1.54) is 0 Å². The number of fused-ring (bicyclic) bond motifs is 1.